The molecule has 3 aliphatic rings. The molecule has 5 rings (SSSR count). The Labute approximate surface area is 166 Å². The Kier molecular flexibility index (Phi) is 5.47. The van der Waals surface area contributed by atoms with Crippen LogP contribution in [0.25, 0.3) is 11.0 Å². The smallest absolute Gasteiger partial charge is 0.143 e. The van der Waals surface area contributed by atoms with Crippen LogP contribution >= 0.6 is 0 Å². The summed E-state index contributed by atoms with van der Waals surface area (Å²) in [7, 11) is 0. The van der Waals surface area contributed by atoms with E-state index >= 15 is 0 Å². The van der Waals surface area contributed by atoms with Crippen LogP contribution < -0.4 is 10.6 Å². The van der Waals surface area contributed by atoms with Gasteiger partial charge in [0, 0.05) is 57.7 Å². The van der Waals surface area contributed by atoms with Crippen LogP contribution in [0.2, 0.25) is 0 Å². The van der Waals surface area contributed by atoms with Gasteiger partial charge in [0.15, 0.2) is 0 Å². The molecule has 7 heteroatoms. The highest BCUT2D eigenvalue weighted by atomic mass is 16.5. The number of aromatic nitrogens is 3. The van der Waals surface area contributed by atoms with Crippen LogP contribution in [0.5, 0.6) is 0 Å². The van der Waals surface area contributed by atoms with E-state index in [9.17, 15) is 0 Å². The van der Waals surface area contributed by atoms with Gasteiger partial charge in [0.2, 0.25) is 0 Å². The number of nitrogens with one attached hydrogen (secondary N) is 3. The lowest BCUT2D eigenvalue weighted by atomic mass is 9.89. The van der Waals surface area contributed by atoms with Crippen molar-refractivity contribution < 1.29 is 4.74 Å². The molecule has 0 spiro atoms. The molecule has 28 heavy (non-hydrogen) atoms. The highest BCUT2D eigenvalue weighted by Gasteiger charge is 2.28. The van der Waals surface area contributed by atoms with Gasteiger partial charge in [-0.15, -0.1) is 0 Å². The Bertz CT molecular complexity index is 772. The molecule has 2 aromatic heterocycles. The fraction of sp³-hybridized carbons (Fsp3) is 0.714. The molecule has 4 heterocycles. The average Bonchev–Trinajstić information content (AvgIpc) is 3.21. The highest BCUT2D eigenvalue weighted by Crippen LogP contribution is 2.35. The lowest BCUT2D eigenvalue weighted by Gasteiger charge is -2.39. The summed E-state index contributed by atoms with van der Waals surface area (Å²) in [5.41, 5.74) is 2.31. The molecule has 0 radical (unpaired) electrons. The molecule has 7 nitrogen and oxygen atoms in total. The van der Waals surface area contributed by atoms with Gasteiger partial charge in [0.1, 0.15) is 17.8 Å². The molecule has 1 saturated carbocycles. The Hall–Kier alpha value is -1.70. The SMILES string of the molecule is c1nc(NC2CCC(N3CCNCC3)CC2)c2c(C3CCOCC3)c[nH]c2n1. The van der Waals surface area contributed by atoms with E-state index < -0.39 is 0 Å². The Morgan fingerprint density at radius 1 is 1.00 bits per heavy atom. The van der Waals surface area contributed by atoms with Gasteiger partial charge < -0.3 is 20.4 Å². The summed E-state index contributed by atoms with van der Waals surface area (Å²) in [5, 5.41) is 8.44. The molecule has 2 aliphatic heterocycles. The summed E-state index contributed by atoms with van der Waals surface area (Å²) < 4.78 is 5.56. The number of rotatable bonds is 4. The van der Waals surface area contributed by atoms with Crippen LogP contribution in [0.15, 0.2) is 12.5 Å². The van der Waals surface area contributed by atoms with Crippen molar-refractivity contribution in [2.24, 2.45) is 0 Å². The first kappa shape index (κ1) is 18.3. The van der Waals surface area contributed by atoms with Crippen molar-refractivity contribution in [3.05, 3.63) is 18.1 Å². The number of aromatic amines is 1. The molecular formula is C21H32N6O. The van der Waals surface area contributed by atoms with E-state index in [-0.39, 0.29) is 0 Å². The number of anilines is 1. The summed E-state index contributed by atoms with van der Waals surface area (Å²) in [4.78, 5) is 15.2. The first-order valence-corrected chi connectivity index (χ1v) is 11.0. The fourth-order valence-electron chi connectivity index (χ4n) is 5.25. The molecule has 1 aliphatic carbocycles. The van der Waals surface area contributed by atoms with Gasteiger partial charge in [-0.25, -0.2) is 9.97 Å². The van der Waals surface area contributed by atoms with E-state index in [0.29, 0.717) is 12.0 Å². The summed E-state index contributed by atoms with van der Waals surface area (Å²) in [5.74, 6) is 1.55. The Balaban J connectivity index is 1.28. The quantitative estimate of drug-likeness (QED) is 0.752. The van der Waals surface area contributed by atoms with E-state index in [0.717, 1.165) is 56.7 Å². The molecule has 0 unspecified atom stereocenters. The van der Waals surface area contributed by atoms with E-state index in [4.69, 9.17) is 4.74 Å². The summed E-state index contributed by atoms with van der Waals surface area (Å²) >= 11 is 0. The topological polar surface area (TPSA) is 78.1 Å². The van der Waals surface area contributed by atoms with Crippen molar-refractivity contribution in [2.75, 3.05) is 44.7 Å². The third-order valence-corrected chi connectivity index (χ3v) is 6.87. The third kappa shape index (κ3) is 3.75. The zero-order chi connectivity index (χ0) is 18.8. The van der Waals surface area contributed by atoms with E-state index in [2.05, 4.69) is 36.7 Å². The number of fused-ring (bicyclic) bond motifs is 1. The number of nitrogens with zero attached hydrogens (tertiary/aromatic N) is 3. The minimum Gasteiger partial charge on any atom is -0.381 e. The van der Waals surface area contributed by atoms with E-state index in [1.807, 2.05) is 0 Å². The molecule has 152 valence electrons. The van der Waals surface area contributed by atoms with Crippen molar-refractivity contribution in [2.45, 2.75) is 56.5 Å². The van der Waals surface area contributed by atoms with Gasteiger partial charge in [-0.05, 0) is 50.0 Å². The molecule has 0 amide bonds. The number of hydrogen-bond donors (Lipinski definition) is 3. The molecule has 2 aromatic rings. The highest BCUT2D eigenvalue weighted by molar-refractivity contribution is 5.90. The first-order valence-electron chi connectivity index (χ1n) is 11.0. The minimum atomic E-state index is 0.509. The van der Waals surface area contributed by atoms with Crippen molar-refractivity contribution in [3.63, 3.8) is 0 Å². The molecule has 2 saturated heterocycles. The van der Waals surface area contributed by atoms with Crippen molar-refractivity contribution >= 4 is 16.9 Å². The predicted molar refractivity (Wildman–Crippen MR) is 111 cm³/mol. The van der Waals surface area contributed by atoms with Crippen LogP contribution in [-0.4, -0.2) is 71.3 Å². The van der Waals surface area contributed by atoms with Crippen molar-refractivity contribution in [1.29, 1.82) is 0 Å². The van der Waals surface area contributed by atoms with E-state index in [1.54, 1.807) is 6.33 Å². The van der Waals surface area contributed by atoms with Gasteiger partial charge in [-0.3, -0.25) is 4.90 Å². The number of hydrogen-bond acceptors (Lipinski definition) is 6. The Morgan fingerprint density at radius 2 is 1.79 bits per heavy atom. The van der Waals surface area contributed by atoms with Crippen LogP contribution in [0, 0.1) is 0 Å². The van der Waals surface area contributed by atoms with Gasteiger partial charge in [-0.1, -0.05) is 0 Å². The average molecular weight is 385 g/mol. The Morgan fingerprint density at radius 3 is 2.57 bits per heavy atom. The third-order valence-electron chi connectivity index (χ3n) is 6.87. The van der Waals surface area contributed by atoms with E-state index in [1.165, 1.54) is 49.7 Å². The summed E-state index contributed by atoms with van der Waals surface area (Å²) in [6, 6.07) is 1.27. The zero-order valence-corrected chi connectivity index (χ0v) is 16.6. The maximum absolute atomic E-state index is 5.56. The summed E-state index contributed by atoms with van der Waals surface area (Å²) in [6.07, 6.45) is 11.0. The largest absolute Gasteiger partial charge is 0.381 e. The van der Waals surface area contributed by atoms with Gasteiger partial charge >= 0.3 is 0 Å². The van der Waals surface area contributed by atoms with Gasteiger partial charge in [-0.2, -0.15) is 0 Å². The number of piperazine rings is 1. The standard InChI is InChI=1S/C21H32N6O/c1-3-17(27-9-7-22-8-10-27)4-2-16(1)26-21-19-18(15-5-11-28-12-6-15)13-23-20(19)24-14-25-21/h13-17,22H,1-12H2,(H2,23,24,25,26). The lowest BCUT2D eigenvalue weighted by Crippen LogP contribution is -2.50. The van der Waals surface area contributed by atoms with Crippen molar-refractivity contribution in [3.8, 4) is 0 Å². The van der Waals surface area contributed by atoms with Crippen LogP contribution in [-0.2, 0) is 4.74 Å². The predicted octanol–water partition coefficient (Wildman–Crippen LogP) is 2.48. The second-order valence-electron chi connectivity index (χ2n) is 8.51. The first-order chi connectivity index (χ1) is 13.9. The van der Waals surface area contributed by atoms with Gasteiger partial charge in [0.25, 0.3) is 0 Å². The molecular weight excluding hydrogens is 352 g/mol. The molecule has 0 atom stereocenters. The zero-order valence-electron chi connectivity index (χ0n) is 16.6. The maximum Gasteiger partial charge on any atom is 0.143 e. The molecule has 0 aromatic carbocycles. The number of ether oxygens (including phenoxy) is 1. The summed E-state index contributed by atoms with van der Waals surface area (Å²) in [6.45, 7) is 6.38. The van der Waals surface area contributed by atoms with Crippen LogP contribution in [0.4, 0.5) is 5.82 Å². The second kappa shape index (κ2) is 8.35. The second-order valence-corrected chi connectivity index (χ2v) is 8.51. The minimum absolute atomic E-state index is 0.509. The maximum atomic E-state index is 5.56. The normalized spacial score (nSPS) is 27.9. The molecule has 0 bridgehead atoms. The fourth-order valence-corrected chi connectivity index (χ4v) is 5.25. The van der Waals surface area contributed by atoms with Crippen LogP contribution in [0.3, 0.4) is 0 Å². The van der Waals surface area contributed by atoms with Crippen LogP contribution in [0.1, 0.15) is 50.0 Å². The lowest BCUT2D eigenvalue weighted by molar-refractivity contribution is 0.0856. The number of H-pyrrole nitrogens is 1. The van der Waals surface area contributed by atoms with Crippen molar-refractivity contribution in [1.82, 2.24) is 25.2 Å². The molecule has 3 N–H and O–H groups in total. The monoisotopic (exact) mass is 384 g/mol. The van der Waals surface area contributed by atoms with Gasteiger partial charge in [0.05, 0.1) is 5.39 Å². The molecule has 3 fully saturated rings.